The van der Waals surface area contributed by atoms with Crippen LogP contribution in [0.3, 0.4) is 0 Å². The summed E-state index contributed by atoms with van der Waals surface area (Å²) in [7, 11) is 0. The number of rotatable bonds is 5. The van der Waals surface area contributed by atoms with Crippen LogP contribution < -0.4 is 11.1 Å². The van der Waals surface area contributed by atoms with E-state index in [9.17, 15) is 14.7 Å². The van der Waals surface area contributed by atoms with Gasteiger partial charge in [-0.1, -0.05) is 20.3 Å². The molecule has 6 nitrogen and oxygen atoms in total. The van der Waals surface area contributed by atoms with Crippen LogP contribution in [0.1, 0.15) is 30.6 Å². The van der Waals surface area contributed by atoms with E-state index in [2.05, 4.69) is 5.32 Å². The van der Waals surface area contributed by atoms with Crippen LogP contribution in [0, 0.1) is 5.92 Å². The minimum Gasteiger partial charge on any atom is -0.508 e. The third kappa shape index (κ3) is 3.69. The number of aromatic carboxylic acids is 1. The number of amides is 1. The van der Waals surface area contributed by atoms with Crippen molar-refractivity contribution in [1.29, 1.82) is 0 Å². The third-order valence-corrected chi connectivity index (χ3v) is 3.05. The lowest BCUT2D eigenvalue weighted by molar-refractivity contribution is -0.118. The van der Waals surface area contributed by atoms with Crippen LogP contribution in [0.4, 0.5) is 5.69 Å². The van der Waals surface area contributed by atoms with Crippen molar-refractivity contribution in [3.63, 3.8) is 0 Å². The van der Waals surface area contributed by atoms with Crippen LogP contribution in [0.15, 0.2) is 18.2 Å². The second-order valence-electron chi connectivity index (χ2n) is 4.44. The van der Waals surface area contributed by atoms with Gasteiger partial charge in [-0.05, 0) is 24.1 Å². The summed E-state index contributed by atoms with van der Waals surface area (Å²) in [6.45, 7) is 3.76. The van der Waals surface area contributed by atoms with Crippen molar-refractivity contribution in [3.8, 4) is 5.75 Å². The highest BCUT2D eigenvalue weighted by Crippen LogP contribution is 2.22. The standard InChI is InChI=1S/C13H18N2O4/c1-3-7(2)11(14)12(17)15-10-5-4-8(16)6-9(10)13(18)19/h4-7,11,16H,3,14H2,1-2H3,(H,15,17)(H,18,19)/t7-,11-/m0/s1. The van der Waals surface area contributed by atoms with Gasteiger partial charge in [0.2, 0.25) is 5.91 Å². The summed E-state index contributed by atoms with van der Waals surface area (Å²) in [5.41, 5.74) is 5.71. The SMILES string of the molecule is CC[C@H](C)[C@H](N)C(=O)Nc1ccc(O)cc1C(=O)O. The quantitative estimate of drug-likeness (QED) is 0.602. The number of nitrogens with one attached hydrogen (secondary N) is 1. The van der Waals surface area contributed by atoms with E-state index >= 15 is 0 Å². The molecule has 1 amide bonds. The fourth-order valence-electron chi connectivity index (χ4n) is 1.55. The van der Waals surface area contributed by atoms with Gasteiger partial charge in [-0.15, -0.1) is 0 Å². The molecule has 0 bridgehead atoms. The Morgan fingerprint density at radius 1 is 1.42 bits per heavy atom. The van der Waals surface area contributed by atoms with E-state index in [4.69, 9.17) is 10.8 Å². The maximum atomic E-state index is 11.9. The molecule has 0 fully saturated rings. The van der Waals surface area contributed by atoms with Crippen LogP contribution in [0.2, 0.25) is 0 Å². The first-order valence-electron chi connectivity index (χ1n) is 5.99. The number of carboxylic acids is 1. The van der Waals surface area contributed by atoms with E-state index in [1.807, 2.05) is 13.8 Å². The number of phenolic OH excluding ortho intramolecular Hbond substituents is 1. The molecule has 1 aromatic rings. The minimum atomic E-state index is -1.23. The Labute approximate surface area is 111 Å². The van der Waals surface area contributed by atoms with E-state index in [1.54, 1.807) is 0 Å². The van der Waals surface area contributed by atoms with Crippen LogP contribution in [-0.4, -0.2) is 28.1 Å². The average Bonchev–Trinajstić information content (AvgIpc) is 2.38. The van der Waals surface area contributed by atoms with Gasteiger partial charge in [0, 0.05) is 0 Å². The smallest absolute Gasteiger partial charge is 0.337 e. The Hall–Kier alpha value is -2.08. The van der Waals surface area contributed by atoms with Crippen LogP contribution in [0.5, 0.6) is 5.75 Å². The number of hydrogen-bond acceptors (Lipinski definition) is 4. The number of aromatic hydroxyl groups is 1. The highest BCUT2D eigenvalue weighted by atomic mass is 16.4. The summed E-state index contributed by atoms with van der Waals surface area (Å²) in [6, 6.07) is 3.00. The van der Waals surface area contributed by atoms with Gasteiger partial charge in [-0.3, -0.25) is 4.79 Å². The number of phenols is 1. The molecule has 0 aromatic heterocycles. The number of hydrogen-bond donors (Lipinski definition) is 4. The van der Waals surface area contributed by atoms with Crippen molar-refractivity contribution in [2.24, 2.45) is 11.7 Å². The second kappa shape index (κ2) is 6.19. The predicted octanol–water partition coefficient (Wildman–Crippen LogP) is 1.40. The van der Waals surface area contributed by atoms with Gasteiger partial charge in [-0.25, -0.2) is 4.79 Å². The Balaban J connectivity index is 2.94. The molecule has 0 saturated carbocycles. The average molecular weight is 266 g/mol. The Morgan fingerprint density at radius 2 is 2.05 bits per heavy atom. The Morgan fingerprint density at radius 3 is 2.58 bits per heavy atom. The van der Waals surface area contributed by atoms with Crippen LogP contribution in [0.25, 0.3) is 0 Å². The zero-order chi connectivity index (χ0) is 14.6. The van der Waals surface area contributed by atoms with E-state index in [-0.39, 0.29) is 22.9 Å². The maximum Gasteiger partial charge on any atom is 0.337 e. The molecule has 0 unspecified atom stereocenters. The molecular weight excluding hydrogens is 248 g/mol. The van der Waals surface area contributed by atoms with Gasteiger partial charge in [0.05, 0.1) is 17.3 Å². The molecule has 2 atom stereocenters. The summed E-state index contributed by atoms with van der Waals surface area (Å²) >= 11 is 0. The molecule has 1 aromatic carbocycles. The van der Waals surface area contributed by atoms with Crippen LogP contribution >= 0.6 is 0 Å². The molecule has 5 N–H and O–H groups in total. The molecule has 0 aliphatic rings. The number of nitrogens with two attached hydrogens (primary N) is 1. The first kappa shape index (κ1) is 15.0. The summed E-state index contributed by atoms with van der Waals surface area (Å²) in [6.07, 6.45) is 0.746. The van der Waals surface area contributed by atoms with Crippen molar-refractivity contribution in [2.75, 3.05) is 5.32 Å². The first-order chi connectivity index (χ1) is 8.86. The maximum absolute atomic E-state index is 11.9. The number of carboxylic acid groups (broad SMARTS) is 1. The summed E-state index contributed by atoms with van der Waals surface area (Å²) in [5, 5.41) is 20.7. The molecule has 19 heavy (non-hydrogen) atoms. The molecule has 0 saturated heterocycles. The number of anilines is 1. The molecule has 0 aliphatic carbocycles. The monoisotopic (exact) mass is 266 g/mol. The predicted molar refractivity (Wildman–Crippen MR) is 71.1 cm³/mol. The summed E-state index contributed by atoms with van der Waals surface area (Å²) < 4.78 is 0. The van der Waals surface area contributed by atoms with Crippen molar-refractivity contribution in [2.45, 2.75) is 26.3 Å². The van der Waals surface area contributed by atoms with Crippen molar-refractivity contribution >= 4 is 17.6 Å². The lowest BCUT2D eigenvalue weighted by atomic mass is 9.99. The van der Waals surface area contributed by atoms with Gasteiger partial charge in [-0.2, -0.15) is 0 Å². The van der Waals surface area contributed by atoms with Gasteiger partial charge >= 0.3 is 5.97 Å². The van der Waals surface area contributed by atoms with Gasteiger partial charge in [0.1, 0.15) is 5.75 Å². The van der Waals surface area contributed by atoms with E-state index in [1.165, 1.54) is 12.1 Å². The van der Waals surface area contributed by atoms with Gasteiger partial charge in [0.15, 0.2) is 0 Å². The van der Waals surface area contributed by atoms with Gasteiger partial charge < -0.3 is 21.3 Å². The molecular formula is C13H18N2O4. The minimum absolute atomic E-state index is 0.00890. The number of carbonyl (C=O) groups is 2. The fraction of sp³-hybridized carbons (Fsp3) is 0.385. The molecule has 1 rings (SSSR count). The highest BCUT2D eigenvalue weighted by Gasteiger charge is 2.21. The van der Waals surface area contributed by atoms with E-state index < -0.39 is 17.9 Å². The second-order valence-corrected chi connectivity index (χ2v) is 4.44. The first-order valence-corrected chi connectivity index (χ1v) is 5.99. The van der Waals surface area contributed by atoms with Crippen molar-refractivity contribution in [1.82, 2.24) is 0 Å². The van der Waals surface area contributed by atoms with E-state index in [0.29, 0.717) is 0 Å². The fourth-order valence-corrected chi connectivity index (χ4v) is 1.55. The van der Waals surface area contributed by atoms with Crippen molar-refractivity contribution < 1.29 is 19.8 Å². The van der Waals surface area contributed by atoms with Crippen molar-refractivity contribution in [3.05, 3.63) is 23.8 Å². The number of carbonyl (C=O) groups excluding carboxylic acids is 1. The summed E-state index contributed by atoms with van der Waals surface area (Å²) in [5.74, 6) is -1.86. The zero-order valence-corrected chi connectivity index (χ0v) is 10.9. The Kier molecular flexibility index (Phi) is 4.88. The number of benzene rings is 1. The molecule has 0 radical (unpaired) electrons. The molecule has 6 heteroatoms. The molecule has 0 aliphatic heterocycles. The van der Waals surface area contributed by atoms with Gasteiger partial charge in [0.25, 0.3) is 0 Å². The van der Waals surface area contributed by atoms with Crippen LogP contribution in [-0.2, 0) is 4.79 Å². The largest absolute Gasteiger partial charge is 0.508 e. The lowest BCUT2D eigenvalue weighted by Gasteiger charge is -2.18. The molecule has 104 valence electrons. The topological polar surface area (TPSA) is 113 Å². The summed E-state index contributed by atoms with van der Waals surface area (Å²) in [4.78, 5) is 22.9. The Bertz CT molecular complexity index is 488. The highest BCUT2D eigenvalue weighted by molar-refractivity contribution is 6.02. The molecule has 0 heterocycles. The van der Waals surface area contributed by atoms with E-state index in [0.717, 1.165) is 12.5 Å². The zero-order valence-electron chi connectivity index (χ0n) is 10.9. The molecule has 0 spiro atoms. The third-order valence-electron chi connectivity index (χ3n) is 3.05. The lowest BCUT2D eigenvalue weighted by Crippen LogP contribution is -2.40. The normalized spacial score (nSPS) is 13.6.